The minimum atomic E-state index is -0.367. The standard InChI is InChI=1S/C15H20BrNO3/c1-20-14-6-5-12(16)9-11(14)4-7-15(19)17-8-2-3-13(18)10-17/h5-6,9,13,18H,2-4,7-8,10H2,1H3/t13-/m1/s1. The molecule has 20 heavy (non-hydrogen) atoms. The lowest BCUT2D eigenvalue weighted by molar-refractivity contribution is -0.134. The molecular weight excluding hydrogens is 322 g/mol. The summed E-state index contributed by atoms with van der Waals surface area (Å²) in [4.78, 5) is 13.9. The van der Waals surface area contributed by atoms with Crippen LogP contribution in [0.4, 0.5) is 0 Å². The zero-order valence-corrected chi connectivity index (χ0v) is 13.2. The molecule has 1 aliphatic rings. The number of halogens is 1. The smallest absolute Gasteiger partial charge is 0.222 e. The Hall–Kier alpha value is -1.07. The SMILES string of the molecule is COc1ccc(Br)cc1CCC(=O)N1CCC[C@@H](O)C1. The number of rotatable bonds is 4. The molecule has 1 aliphatic heterocycles. The Balaban J connectivity index is 1.94. The fourth-order valence-electron chi connectivity index (χ4n) is 2.52. The number of amides is 1. The van der Waals surface area contributed by atoms with E-state index in [-0.39, 0.29) is 12.0 Å². The number of β-amino-alcohol motifs (C(OH)–C–C–N with tert-alkyl or cyclic N) is 1. The quantitative estimate of drug-likeness (QED) is 0.914. The molecule has 0 unspecified atom stereocenters. The summed E-state index contributed by atoms with van der Waals surface area (Å²) in [5.74, 6) is 0.908. The maximum Gasteiger partial charge on any atom is 0.222 e. The van der Waals surface area contributed by atoms with Crippen molar-refractivity contribution in [3.63, 3.8) is 0 Å². The van der Waals surface area contributed by atoms with Crippen LogP contribution in [0.1, 0.15) is 24.8 Å². The maximum atomic E-state index is 12.2. The Labute approximate surface area is 127 Å². The number of aryl methyl sites for hydroxylation is 1. The second kappa shape index (κ2) is 7.09. The lowest BCUT2D eigenvalue weighted by atomic mass is 10.1. The van der Waals surface area contributed by atoms with Crippen molar-refractivity contribution in [2.24, 2.45) is 0 Å². The highest BCUT2D eigenvalue weighted by Crippen LogP contribution is 2.24. The first-order chi connectivity index (χ1) is 9.60. The van der Waals surface area contributed by atoms with E-state index >= 15 is 0 Å². The Morgan fingerprint density at radius 1 is 1.55 bits per heavy atom. The first-order valence-electron chi connectivity index (χ1n) is 6.88. The number of hydrogen-bond acceptors (Lipinski definition) is 3. The number of carbonyl (C=O) groups excluding carboxylic acids is 1. The van der Waals surface area contributed by atoms with E-state index in [0.717, 1.165) is 35.2 Å². The molecule has 5 heteroatoms. The van der Waals surface area contributed by atoms with Gasteiger partial charge in [-0.3, -0.25) is 4.79 Å². The minimum Gasteiger partial charge on any atom is -0.496 e. The van der Waals surface area contributed by atoms with Crippen LogP contribution in [0.3, 0.4) is 0 Å². The predicted molar refractivity (Wildman–Crippen MR) is 80.8 cm³/mol. The van der Waals surface area contributed by atoms with Crippen LogP contribution in [-0.2, 0) is 11.2 Å². The second-order valence-corrected chi connectivity index (χ2v) is 6.01. The van der Waals surface area contributed by atoms with E-state index in [4.69, 9.17) is 4.74 Å². The molecular formula is C15H20BrNO3. The molecule has 0 radical (unpaired) electrons. The molecule has 110 valence electrons. The topological polar surface area (TPSA) is 49.8 Å². The van der Waals surface area contributed by atoms with Crippen LogP contribution in [0, 0.1) is 0 Å². The van der Waals surface area contributed by atoms with Gasteiger partial charge in [-0.15, -0.1) is 0 Å². The Morgan fingerprint density at radius 2 is 2.35 bits per heavy atom. The van der Waals surface area contributed by atoms with E-state index in [2.05, 4.69) is 15.9 Å². The van der Waals surface area contributed by atoms with Gasteiger partial charge in [-0.05, 0) is 43.0 Å². The molecule has 1 N–H and O–H groups in total. The molecule has 0 aromatic heterocycles. The van der Waals surface area contributed by atoms with Crippen LogP contribution in [0.15, 0.2) is 22.7 Å². The number of ether oxygens (including phenoxy) is 1. The molecule has 1 fully saturated rings. The van der Waals surface area contributed by atoms with Gasteiger partial charge in [-0.2, -0.15) is 0 Å². The molecule has 1 aromatic carbocycles. The first-order valence-corrected chi connectivity index (χ1v) is 7.67. The first kappa shape index (κ1) is 15.3. The molecule has 0 spiro atoms. The number of benzene rings is 1. The van der Waals surface area contributed by atoms with E-state index in [1.165, 1.54) is 0 Å². The van der Waals surface area contributed by atoms with Crippen molar-refractivity contribution in [2.75, 3.05) is 20.2 Å². The zero-order chi connectivity index (χ0) is 14.5. The van der Waals surface area contributed by atoms with Crippen molar-refractivity contribution in [1.29, 1.82) is 0 Å². The van der Waals surface area contributed by atoms with E-state index in [9.17, 15) is 9.90 Å². The van der Waals surface area contributed by atoms with E-state index in [1.807, 2.05) is 18.2 Å². The molecule has 1 amide bonds. The summed E-state index contributed by atoms with van der Waals surface area (Å²) in [6.45, 7) is 1.22. The van der Waals surface area contributed by atoms with Gasteiger partial charge in [-0.1, -0.05) is 15.9 Å². The summed E-state index contributed by atoms with van der Waals surface area (Å²) in [7, 11) is 1.63. The van der Waals surface area contributed by atoms with Crippen molar-refractivity contribution in [3.05, 3.63) is 28.2 Å². The summed E-state index contributed by atoms with van der Waals surface area (Å²) < 4.78 is 6.29. The molecule has 0 bridgehead atoms. The predicted octanol–water partition coefficient (Wildman–Crippen LogP) is 2.37. The summed E-state index contributed by atoms with van der Waals surface area (Å²) >= 11 is 3.43. The van der Waals surface area contributed by atoms with Gasteiger partial charge in [-0.25, -0.2) is 0 Å². The Kier molecular flexibility index (Phi) is 5.43. The minimum absolute atomic E-state index is 0.103. The molecule has 0 saturated carbocycles. The summed E-state index contributed by atoms with van der Waals surface area (Å²) in [5, 5.41) is 9.61. The zero-order valence-electron chi connectivity index (χ0n) is 11.6. The number of methoxy groups -OCH3 is 1. The van der Waals surface area contributed by atoms with Gasteiger partial charge >= 0.3 is 0 Å². The fraction of sp³-hybridized carbons (Fsp3) is 0.533. The Morgan fingerprint density at radius 3 is 3.05 bits per heavy atom. The van der Waals surface area contributed by atoms with Crippen molar-refractivity contribution < 1.29 is 14.6 Å². The van der Waals surface area contributed by atoms with Crippen LogP contribution in [0.25, 0.3) is 0 Å². The van der Waals surface area contributed by atoms with Gasteiger partial charge in [0.15, 0.2) is 0 Å². The number of carbonyl (C=O) groups is 1. The highest BCUT2D eigenvalue weighted by Gasteiger charge is 2.21. The van der Waals surface area contributed by atoms with E-state index in [0.29, 0.717) is 19.4 Å². The number of hydrogen-bond donors (Lipinski definition) is 1. The Bertz CT molecular complexity index is 478. The average Bonchev–Trinajstić information content (AvgIpc) is 2.45. The van der Waals surface area contributed by atoms with Gasteiger partial charge in [0.25, 0.3) is 0 Å². The van der Waals surface area contributed by atoms with Gasteiger partial charge in [0.05, 0.1) is 13.2 Å². The third-order valence-electron chi connectivity index (χ3n) is 3.60. The van der Waals surface area contributed by atoms with Crippen LogP contribution in [0.5, 0.6) is 5.75 Å². The van der Waals surface area contributed by atoms with Crippen molar-refractivity contribution >= 4 is 21.8 Å². The number of piperidine rings is 1. The van der Waals surface area contributed by atoms with Crippen molar-refractivity contribution in [2.45, 2.75) is 31.8 Å². The molecule has 4 nitrogen and oxygen atoms in total. The normalized spacial score (nSPS) is 18.9. The molecule has 0 aliphatic carbocycles. The van der Waals surface area contributed by atoms with Gasteiger partial charge < -0.3 is 14.7 Å². The number of aliphatic hydroxyl groups is 1. The van der Waals surface area contributed by atoms with Crippen LogP contribution >= 0.6 is 15.9 Å². The fourth-order valence-corrected chi connectivity index (χ4v) is 2.93. The number of aliphatic hydroxyl groups excluding tert-OH is 1. The molecule has 1 saturated heterocycles. The highest BCUT2D eigenvalue weighted by atomic mass is 79.9. The lowest BCUT2D eigenvalue weighted by Gasteiger charge is -2.30. The monoisotopic (exact) mass is 341 g/mol. The molecule has 1 atom stereocenters. The van der Waals surface area contributed by atoms with Crippen molar-refractivity contribution in [1.82, 2.24) is 4.90 Å². The van der Waals surface area contributed by atoms with Gasteiger partial charge in [0.2, 0.25) is 5.91 Å². The summed E-state index contributed by atoms with van der Waals surface area (Å²) in [5.41, 5.74) is 1.02. The number of likely N-dealkylation sites (tertiary alicyclic amines) is 1. The van der Waals surface area contributed by atoms with Gasteiger partial charge in [0, 0.05) is 24.0 Å². The summed E-state index contributed by atoms with van der Waals surface area (Å²) in [6, 6.07) is 5.80. The third-order valence-corrected chi connectivity index (χ3v) is 4.09. The molecule has 2 rings (SSSR count). The van der Waals surface area contributed by atoms with E-state index < -0.39 is 0 Å². The molecule has 1 aromatic rings. The lowest BCUT2D eigenvalue weighted by Crippen LogP contribution is -2.42. The summed E-state index contributed by atoms with van der Waals surface area (Å²) in [6.07, 6.45) is 2.40. The number of nitrogens with zero attached hydrogens (tertiary/aromatic N) is 1. The third kappa shape index (κ3) is 3.96. The highest BCUT2D eigenvalue weighted by molar-refractivity contribution is 9.10. The second-order valence-electron chi connectivity index (χ2n) is 5.09. The maximum absolute atomic E-state index is 12.2. The van der Waals surface area contributed by atoms with Crippen molar-refractivity contribution in [3.8, 4) is 5.75 Å². The van der Waals surface area contributed by atoms with Gasteiger partial charge in [0.1, 0.15) is 5.75 Å². The van der Waals surface area contributed by atoms with E-state index in [1.54, 1.807) is 12.0 Å². The largest absolute Gasteiger partial charge is 0.496 e. The van der Waals surface area contributed by atoms with Crippen LogP contribution in [-0.4, -0.2) is 42.2 Å². The van der Waals surface area contributed by atoms with Crippen LogP contribution < -0.4 is 4.74 Å². The van der Waals surface area contributed by atoms with Crippen LogP contribution in [0.2, 0.25) is 0 Å². The molecule has 1 heterocycles. The average molecular weight is 342 g/mol.